The van der Waals surface area contributed by atoms with Crippen molar-refractivity contribution in [1.29, 1.82) is 0 Å². The summed E-state index contributed by atoms with van der Waals surface area (Å²) < 4.78 is 5.88. The highest BCUT2D eigenvalue weighted by Crippen LogP contribution is 2.23. The predicted molar refractivity (Wildman–Crippen MR) is 98.6 cm³/mol. The maximum Gasteiger partial charge on any atom is 0.339 e. The van der Waals surface area contributed by atoms with Gasteiger partial charge in [-0.05, 0) is 52.3 Å². The number of hydrogen-bond donors (Lipinski definition) is 1. The van der Waals surface area contributed by atoms with E-state index in [1.807, 2.05) is 36.4 Å². The molecule has 23 heavy (non-hydrogen) atoms. The lowest BCUT2D eigenvalue weighted by Crippen LogP contribution is -2.22. The Morgan fingerprint density at radius 3 is 2.43 bits per heavy atom. The smallest absolute Gasteiger partial charge is 0.339 e. The van der Waals surface area contributed by atoms with Crippen LogP contribution in [0.1, 0.15) is 35.7 Å². The van der Waals surface area contributed by atoms with Crippen molar-refractivity contribution in [1.82, 2.24) is 0 Å². The number of para-hydroxylation sites is 1. The van der Waals surface area contributed by atoms with Crippen LogP contribution in [0.3, 0.4) is 0 Å². The molecule has 0 saturated carbocycles. The van der Waals surface area contributed by atoms with Gasteiger partial charge in [0.2, 0.25) is 0 Å². The Morgan fingerprint density at radius 1 is 1.09 bits per heavy atom. The number of carbonyl (C=O) groups is 2. The van der Waals surface area contributed by atoms with Gasteiger partial charge in [-0.1, -0.05) is 44.2 Å². The summed E-state index contributed by atoms with van der Waals surface area (Å²) in [6, 6.07) is 14.7. The van der Waals surface area contributed by atoms with E-state index >= 15 is 0 Å². The second kappa shape index (κ2) is 8.10. The number of hydrogen-bond acceptors (Lipinski definition) is 3. The van der Waals surface area contributed by atoms with Crippen molar-refractivity contribution in [2.75, 3.05) is 11.9 Å². The quantitative estimate of drug-likeness (QED) is 0.579. The molecular formula is C18H18INO3. The molecule has 1 amide bonds. The maximum atomic E-state index is 12.0. The molecule has 0 heterocycles. The van der Waals surface area contributed by atoms with Gasteiger partial charge in [0.25, 0.3) is 5.91 Å². The molecule has 2 aromatic carbocycles. The number of nitrogens with one attached hydrogen (secondary N) is 1. The SMILES string of the molecule is CC(C)c1ccccc1NC(=O)COC(=O)c1ccccc1I. The van der Waals surface area contributed by atoms with E-state index in [4.69, 9.17) is 4.74 Å². The van der Waals surface area contributed by atoms with Crippen molar-refractivity contribution in [3.63, 3.8) is 0 Å². The monoisotopic (exact) mass is 423 g/mol. The first kappa shape index (κ1) is 17.5. The molecule has 120 valence electrons. The summed E-state index contributed by atoms with van der Waals surface area (Å²) in [5.41, 5.74) is 2.26. The number of benzene rings is 2. The van der Waals surface area contributed by atoms with Crippen molar-refractivity contribution in [2.45, 2.75) is 19.8 Å². The lowest BCUT2D eigenvalue weighted by Gasteiger charge is -2.13. The molecule has 0 fully saturated rings. The van der Waals surface area contributed by atoms with Crippen LogP contribution in [0, 0.1) is 3.57 Å². The van der Waals surface area contributed by atoms with Gasteiger partial charge in [0.1, 0.15) is 0 Å². The molecule has 0 bridgehead atoms. The molecule has 1 N–H and O–H groups in total. The minimum absolute atomic E-state index is 0.292. The molecule has 0 atom stereocenters. The lowest BCUT2D eigenvalue weighted by atomic mass is 10.0. The van der Waals surface area contributed by atoms with Crippen LogP contribution in [0.25, 0.3) is 0 Å². The molecule has 0 saturated heterocycles. The molecule has 0 radical (unpaired) electrons. The Bertz CT molecular complexity index is 713. The molecule has 2 rings (SSSR count). The van der Waals surface area contributed by atoms with Gasteiger partial charge in [0, 0.05) is 9.26 Å². The van der Waals surface area contributed by atoms with E-state index in [1.54, 1.807) is 12.1 Å². The van der Waals surface area contributed by atoms with Crippen molar-refractivity contribution < 1.29 is 14.3 Å². The molecule has 0 aliphatic heterocycles. The first-order valence-corrected chi connectivity index (χ1v) is 8.37. The zero-order chi connectivity index (χ0) is 16.8. The Morgan fingerprint density at radius 2 is 1.74 bits per heavy atom. The Labute approximate surface area is 149 Å². The molecule has 2 aromatic rings. The summed E-state index contributed by atoms with van der Waals surface area (Å²) in [4.78, 5) is 24.0. The zero-order valence-electron chi connectivity index (χ0n) is 13.0. The van der Waals surface area contributed by atoms with Crippen molar-refractivity contribution in [2.24, 2.45) is 0 Å². The fourth-order valence-corrected chi connectivity index (χ4v) is 2.74. The van der Waals surface area contributed by atoms with Gasteiger partial charge in [0.15, 0.2) is 6.61 Å². The fraction of sp³-hybridized carbons (Fsp3) is 0.222. The minimum Gasteiger partial charge on any atom is -0.452 e. The number of amides is 1. The number of esters is 1. The maximum absolute atomic E-state index is 12.0. The van der Waals surface area contributed by atoms with E-state index in [9.17, 15) is 9.59 Å². The van der Waals surface area contributed by atoms with E-state index in [0.29, 0.717) is 11.5 Å². The van der Waals surface area contributed by atoms with E-state index in [0.717, 1.165) is 14.8 Å². The fourth-order valence-electron chi connectivity index (χ4n) is 2.14. The van der Waals surface area contributed by atoms with Gasteiger partial charge in [0.05, 0.1) is 5.56 Å². The zero-order valence-corrected chi connectivity index (χ0v) is 15.2. The third-order valence-corrected chi connectivity index (χ3v) is 4.23. The van der Waals surface area contributed by atoms with E-state index in [2.05, 4.69) is 41.8 Å². The van der Waals surface area contributed by atoms with Crippen LogP contribution < -0.4 is 5.32 Å². The molecule has 0 spiro atoms. The van der Waals surface area contributed by atoms with Crippen LogP contribution in [0.5, 0.6) is 0 Å². The van der Waals surface area contributed by atoms with Crippen molar-refractivity contribution in [3.8, 4) is 0 Å². The highest BCUT2D eigenvalue weighted by molar-refractivity contribution is 14.1. The second-order valence-electron chi connectivity index (χ2n) is 5.35. The highest BCUT2D eigenvalue weighted by Gasteiger charge is 2.14. The summed E-state index contributed by atoms with van der Waals surface area (Å²) in [7, 11) is 0. The number of rotatable bonds is 5. The van der Waals surface area contributed by atoms with Gasteiger partial charge in [-0.2, -0.15) is 0 Å². The Balaban J connectivity index is 1.96. The summed E-state index contributed by atoms with van der Waals surface area (Å²) in [6.07, 6.45) is 0. The standard InChI is InChI=1S/C18H18INO3/c1-12(2)13-7-4-6-10-16(13)20-17(21)11-23-18(22)14-8-3-5-9-15(14)19/h3-10,12H,11H2,1-2H3,(H,20,21). The van der Waals surface area contributed by atoms with Gasteiger partial charge in [-0.3, -0.25) is 4.79 Å². The number of halogens is 1. The van der Waals surface area contributed by atoms with E-state index < -0.39 is 5.97 Å². The second-order valence-corrected chi connectivity index (χ2v) is 6.51. The topological polar surface area (TPSA) is 55.4 Å². The van der Waals surface area contributed by atoms with Crippen LogP contribution >= 0.6 is 22.6 Å². The summed E-state index contributed by atoms with van der Waals surface area (Å²) in [5, 5.41) is 2.80. The Kier molecular flexibility index (Phi) is 6.15. The van der Waals surface area contributed by atoms with Gasteiger partial charge >= 0.3 is 5.97 Å². The van der Waals surface area contributed by atoms with E-state index in [1.165, 1.54) is 0 Å². The molecule has 0 aliphatic carbocycles. The first-order valence-electron chi connectivity index (χ1n) is 7.29. The molecule has 0 aliphatic rings. The van der Waals surface area contributed by atoms with Crippen LogP contribution in [0.15, 0.2) is 48.5 Å². The number of anilines is 1. The third-order valence-electron chi connectivity index (χ3n) is 3.29. The average Bonchev–Trinajstić information content (AvgIpc) is 2.53. The first-order chi connectivity index (χ1) is 11.0. The van der Waals surface area contributed by atoms with Crippen LogP contribution in [0.4, 0.5) is 5.69 Å². The van der Waals surface area contributed by atoms with Crippen LogP contribution in [0.2, 0.25) is 0 Å². The summed E-state index contributed by atoms with van der Waals surface area (Å²) in [5.74, 6) is -0.556. The highest BCUT2D eigenvalue weighted by atomic mass is 127. The largest absolute Gasteiger partial charge is 0.452 e. The number of carbonyl (C=O) groups excluding carboxylic acids is 2. The molecule has 5 heteroatoms. The van der Waals surface area contributed by atoms with Crippen molar-refractivity contribution in [3.05, 3.63) is 63.2 Å². The lowest BCUT2D eigenvalue weighted by molar-refractivity contribution is -0.119. The predicted octanol–water partition coefficient (Wildman–Crippen LogP) is 4.21. The van der Waals surface area contributed by atoms with Crippen LogP contribution in [-0.2, 0) is 9.53 Å². The third kappa shape index (κ3) is 4.79. The van der Waals surface area contributed by atoms with E-state index in [-0.39, 0.29) is 12.5 Å². The Hall–Kier alpha value is -1.89. The normalized spacial score (nSPS) is 10.4. The van der Waals surface area contributed by atoms with Gasteiger partial charge in [-0.25, -0.2) is 4.79 Å². The molecular weight excluding hydrogens is 405 g/mol. The van der Waals surface area contributed by atoms with Crippen molar-refractivity contribution >= 4 is 40.2 Å². The molecule has 0 aromatic heterocycles. The minimum atomic E-state index is -0.498. The van der Waals surface area contributed by atoms with Gasteiger partial charge < -0.3 is 10.1 Å². The average molecular weight is 423 g/mol. The van der Waals surface area contributed by atoms with Crippen LogP contribution in [-0.4, -0.2) is 18.5 Å². The van der Waals surface area contributed by atoms with Gasteiger partial charge in [-0.15, -0.1) is 0 Å². The molecule has 4 nitrogen and oxygen atoms in total. The summed E-state index contributed by atoms with van der Waals surface area (Å²) >= 11 is 2.06. The number of ether oxygens (including phenoxy) is 1. The summed E-state index contributed by atoms with van der Waals surface area (Å²) in [6.45, 7) is 3.81. The molecule has 0 unspecified atom stereocenters.